The van der Waals surface area contributed by atoms with E-state index < -0.39 is 0 Å². The molecule has 1 nitrogen and oxygen atoms in total. The van der Waals surface area contributed by atoms with Crippen molar-refractivity contribution in [3.8, 4) is 11.1 Å². The van der Waals surface area contributed by atoms with Gasteiger partial charge in [0, 0.05) is 5.56 Å². The summed E-state index contributed by atoms with van der Waals surface area (Å²) in [4.78, 5) is 0. The molecule has 66 valence electrons. The molecule has 1 aromatic heterocycles. The van der Waals surface area contributed by atoms with Crippen LogP contribution in [0.2, 0.25) is 0 Å². The summed E-state index contributed by atoms with van der Waals surface area (Å²) < 4.78 is 5.06. The maximum Gasteiger partial charge on any atom is 0.0981 e. The minimum absolute atomic E-state index is 1.15. The van der Waals surface area contributed by atoms with E-state index in [1.807, 2.05) is 6.07 Å². The van der Waals surface area contributed by atoms with Gasteiger partial charge in [0.05, 0.1) is 12.5 Å². The highest BCUT2D eigenvalue weighted by atomic mass is 16.3. The minimum Gasteiger partial charge on any atom is -0.472 e. The topological polar surface area (TPSA) is 13.1 Å². The molecule has 0 saturated heterocycles. The SMILES string of the molecule is Cc1cccc(-c2ccoc2)c1C. The van der Waals surface area contributed by atoms with Crippen LogP contribution >= 0.6 is 0 Å². The molecular weight excluding hydrogens is 160 g/mol. The van der Waals surface area contributed by atoms with E-state index >= 15 is 0 Å². The van der Waals surface area contributed by atoms with E-state index in [1.165, 1.54) is 16.7 Å². The van der Waals surface area contributed by atoms with Gasteiger partial charge in [0.1, 0.15) is 0 Å². The molecule has 0 amide bonds. The summed E-state index contributed by atoms with van der Waals surface area (Å²) in [5.74, 6) is 0. The summed E-state index contributed by atoms with van der Waals surface area (Å²) in [5, 5.41) is 0. The second kappa shape index (κ2) is 3.09. The van der Waals surface area contributed by atoms with Crippen molar-refractivity contribution >= 4 is 0 Å². The van der Waals surface area contributed by atoms with Crippen molar-refractivity contribution in [2.45, 2.75) is 13.8 Å². The molecule has 0 aliphatic carbocycles. The Morgan fingerprint density at radius 2 is 1.92 bits per heavy atom. The first-order chi connectivity index (χ1) is 6.29. The van der Waals surface area contributed by atoms with Crippen LogP contribution in [0, 0.1) is 13.8 Å². The molecule has 13 heavy (non-hydrogen) atoms. The molecule has 0 radical (unpaired) electrons. The lowest BCUT2D eigenvalue weighted by molar-refractivity contribution is 0.568. The Labute approximate surface area is 78.0 Å². The molecule has 0 fully saturated rings. The third-order valence-electron chi connectivity index (χ3n) is 2.44. The summed E-state index contributed by atoms with van der Waals surface area (Å²) in [7, 11) is 0. The van der Waals surface area contributed by atoms with Crippen LogP contribution < -0.4 is 0 Å². The standard InChI is InChI=1S/C12H12O/c1-9-4-3-5-12(10(9)2)11-6-7-13-8-11/h3-8H,1-2H3. The quantitative estimate of drug-likeness (QED) is 0.641. The third kappa shape index (κ3) is 1.37. The van der Waals surface area contributed by atoms with Crippen LogP contribution in [-0.4, -0.2) is 0 Å². The summed E-state index contributed by atoms with van der Waals surface area (Å²) in [6.45, 7) is 4.26. The maximum atomic E-state index is 5.06. The molecule has 1 heterocycles. The Morgan fingerprint density at radius 1 is 1.08 bits per heavy atom. The van der Waals surface area contributed by atoms with Gasteiger partial charge in [0.15, 0.2) is 0 Å². The van der Waals surface area contributed by atoms with E-state index in [0.29, 0.717) is 0 Å². The first kappa shape index (κ1) is 8.11. The number of hydrogen-bond acceptors (Lipinski definition) is 1. The van der Waals surface area contributed by atoms with Crippen molar-refractivity contribution in [2.75, 3.05) is 0 Å². The molecule has 1 aromatic carbocycles. The first-order valence-corrected chi connectivity index (χ1v) is 4.38. The van der Waals surface area contributed by atoms with Crippen LogP contribution in [0.25, 0.3) is 11.1 Å². The molecule has 0 unspecified atom stereocenters. The van der Waals surface area contributed by atoms with Gasteiger partial charge in [-0.1, -0.05) is 18.2 Å². The highest BCUT2D eigenvalue weighted by Crippen LogP contribution is 2.25. The number of furan rings is 1. The lowest BCUT2D eigenvalue weighted by Gasteiger charge is -2.05. The van der Waals surface area contributed by atoms with Gasteiger partial charge in [-0.25, -0.2) is 0 Å². The Balaban J connectivity index is 2.59. The molecule has 0 N–H and O–H groups in total. The van der Waals surface area contributed by atoms with Gasteiger partial charge < -0.3 is 4.42 Å². The lowest BCUT2D eigenvalue weighted by atomic mass is 9.99. The van der Waals surface area contributed by atoms with E-state index in [0.717, 1.165) is 5.56 Å². The summed E-state index contributed by atoms with van der Waals surface area (Å²) in [6, 6.07) is 8.30. The second-order valence-electron chi connectivity index (χ2n) is 3.26. The Hall–Kier alpha value is -1.50. The van der Waals surface area contributed by atoms with Gasteiger partial charge in [-0.2, -0.15) is 0 Å². The van der Waals surface area contributed by atoms with Crippen molar-refractivity contribution in [1.29, 1.82) is 0 Å². The van der Waals surface area contributed by atoms with Gasteiger partial charge in [-0.3, -0.25) is 0 Å². The largest absolute Gasteiger partial charge is 0.472 e. The van der Waals surface area contributed by atoms with Gasteiger partial charge in [-0.15, -0.1) is 0 Å². The number of rotatable bonds is 1. The highest BCUT2D eigenvalue weighted by molar-refractivity contribution is 5.67. The zero-order valence-electron chi connectivity index (χ0n) is 7.87. The second-order valence-corrected chi connectivity index (χ2v) is 3.26. The highest BCUT2D eigenvalue weighted by Gasteiger charge is 2.03. The normalized spacial score (nSPS) is 10.3. The molecule has 2 rings (SSSR count). The fourth-order valence-electron chi connectivity index (χ4n) is 1.48. The van der Waals surface area contributed by atoms with Gasteiger partial charge in [0.25, 0.3) is 0 Å². The Kier molecular flexibility index (Phi) is 1.93. The minimum atomic E-state index is 1.15. The molecule has 0 spiro atoms. The van der Waals surface area contributed by atoms with Gasteiger partial charge >= 0.3 is 0 Å². The van der Waals surface area contributed by atoms with Crippen molar-refractivity contribution in [3.05, 3.63) is 47.9 Å². The van der Waals surface area contributed by atoms with Crippen LogP contribution in [0.5, 0.6) is 0 Å². The van der Waals surface area contributed by atoms with Crippen molar-refractivity contribution in [2.24, 2.45) is 0 Å². The average Bonchev–Trinajstić information content (AvgIpc) is 2.62. The molecule has 0 bridgehead atoms. The van der Waals surface area contributed by atoms with E-state index in [-0.39, 0.29) is 0 Å². The summed E-state index contributed by atoms with van der Waals surface area (Å²) in [5.41, 5.74) is 5.05. The Bertz CT molecular complexity index is 399. The van der Waals surface area contributed by atoms with Crippen molar-refractivity contribution < 1.29 is 4.42 Å². The number of benzene rings is 1. The monoisotopic (exact) mass is 172 g/mol. The molecule has 1 heteroatoms. The van der Waals surface area contributed by atoms with Crippen LogP contribution in [0.15, 0.2) is 41.2 Å². The number of hydrogen-bond donors (Lipinski definition) is 0. The molecular formula is C12H12O. The van der Waals surface area contributed by atoms with E-state index in [2.05, 4.69) is 32.0 Å². The van der Waals surface area contributed by atoms with E-state index in [9.17, 15) is 0 Å². The van der Waals surface area contributed by atoms with Crippen LogP contribution in [-0.2, 0) is 0 Å². The number of aryl methyl sites for hydroxylation is 1. The van der Waals surface area contributed by atoms with E-state index in [4.69, 9.17) is 4.42 Å². The predicted octanol–water partition coefficient (Wildman–Crippen LogP) is 3.56. The molecule has 0 atom stereocenters. The smallest absolute Gasteiger partial charge is 0.0981 e. The molecule has 0 aliphatic heterocycles. The van der Waals surface area contributed by atoms with Crippen LogP contribution in [0.4, 0.5) is 0 Å². The molecule has 0 aliphatic rings. The maximum absolute atomic E-state index is 5.06. The Morgan fingerprint density at radius 3 is 2.62 bits per heavy atom. The van der Waals surface area contributed by atoms with Crippen molar-refractivity contribution in [1.82, 2.24) is 0 Å². The van der Waals surface area contributed by atoms with Gasteiger partial charge in [-0.05, 0) is 36.6 Å². The van der Waals surface area contributed by atoms with Crippen LogP contribution in [0.1, 0.15) is 11.1 Å². The predicted molar refractivity (Wildman–Crippen MR) is 53.6 cm³/mol. The fraction of sp³-hybridized carbons (Fsp3) is 0.167. The van der Waals surface area contributed by atoms with Crippen molar-refractivity contribution in [3.63, 3.8) is 0 Å². The van der Waals surface area contributed by atoms with E-state index in [1.54, 1.807) is 12.5 Å². The third-order valence-corrected chi connectivity index (χ3v) is 2.44. The van der Waals surface area contributed by atoms with Crippen LogP contribution in [0.3, 0.4) is 0 Å². The zero-order chi connectivity index (χ0) is 9.26. The molecule has 0 saturated carbocycles. The summed E-state index contributed by atoms with van der Waals surface area (Å²) in [6.07, 6.45) is 3.48. The fourth-order valence-corrected chi connectivity index (χ4v) is 1.48. The molecule has 2 aromatic rings. The average molecular weight is 172 g/mol. The zero-order valence-corrected chi connectivity index (χ0v) is 7.87. The summed E-state index contributed by atoms with van der Waals surface area (Å²) >= 11 is 0. The van der Waals surface area contributed by atoms with Gasteiger partial charge in [0.2, 0.25) is 0 Å². The first-order valence-electron chi connectivity index (χ1n) is 4.38. The lowest BCUT2D eigenvalue weighted by Crippen LogP contribution is -1.84.